The molecule has 0 aromatic carbocycles. The van der Waals surface area contributed by atoms with Crippen LogP contribution in [-0.2, 0) is 22.8 Å². The summed E-state index contributed by atoms with van der Waals surface area (Å²) >= 11 is 0. The second kappa shape index (κ2) is 9.25. The molecule has 0 aliphatic rings. The maximum Gasteiger partial charge on any atom is 0.500 e. The average Bonchev–Trinajstić information content (AvgIpc) is 2.41. The maximum absolute atomic E-state index is 11.2. The Labute approximate surface area is 117 Å². The first-order valence-electron chi connectivity index (χ1n) is 6.51. The van der Waals surface area contributed by atoms with Gasteiger partial charge in [0, 0.05) is 31.9 Å². The Kier molecular flexibility index (Phi) is 8.91. The molecule has 0 fully saturated rings. The van der Waals surface area contributed by atoms with Crippen LogP contribution in [0.3, 0.4) is 0 Å². The quantitative estimate of drug-likeness (QED) is 0.268. The highest BCUT2D eigenvalue weighted by Gasteiger charge is 2.39. The van der Waals surface area contributed by atoms with Gasteiger partial charge in [-0.1, -0.05) is 13.5 Å². The van der Waals surface area contributed by atoms with Crippen molar-refractivity contribution in [2.75, 3.05) is 20.8 Å². The van der Waals surface area contributed by atoms with Gasteiger partial charge >= 0.3 is 14.8 Å². The molecule has 1 atom stereocenters. The minimum atomic E-state index is -2.64. The minimum absolute atomic E-state index is 0.0875. The van der Waals surface area contributed by atoms with Crippen molar-refractivity contribution in [2.45, 2.75) is 45.8 Å². The van der Waals surface area contributed by atoms with Gasteiger partial charge in [0.25, 0.3) is 0 Å². The number of rotatable bonds is 10. The van der Waals surface area contributed by atoms with E-state index in [2.05, 4.69) is 6.58 Å². The molecule has 0 rings (SSSR count). The average molecular weight is 290 g/mol. The normalized spacial score (nSPS) is 13.1. The lowest BCUT2D eigenvalue weighted by molar-refractivity contribution is -0.139. The van der Waals surface area contributed by atoms with Gasteiger partial charge in [-0.25, -0.2) is 4.79 Å². The Morgan fingerprint density at radius 2 is 1.89 bits per heavy atom. The summed E-state index contributed by atoms with van der Waals surface area (Å²) in [5.41, 5.74) is 0.401. The van der Waals surface area contributed by atoms with Crippen molar-refractivity contribution in [1.29, 1.82) is 0 Å². The molecule has 0 aromatic heterocycles. The van der Waals surface area contributed by atoms with Crippen LogP contribution >= 0.6 is 0 Å². The lowest BCUT2D eigenvalue weighted by Gasteiger charge is -2.29. The third-order valence-corrected chi connectivity index (χ3v) is 5.76. The number of hydrogen-bond donors (Lipinski definition) is 0. The van der Waals surface area contributed by atoms with Crippen molar-refractivity contribution in [2.24, 2.45) is 0 Å². The van der Waals surface area contributed by atoms with Crippen molar-refractivity contribution in [1.82, 2.24) is 0 Å². The molecule has 1 unspecified atom stereocenters. The third-order valence-electron chi connectivity index (χ3n) is 2.79. The summed E-state index contributed by atoms with van der Waals surface area (Å²) in [4.78, 5) is 11.2. The fraction of sp³-hybridized carbons (Fsp3) is 0.769. The van der Waals surface area contributed by atoms with Crippen LogP contribution in [-0.4, -0.2) is 41.7 Å². The molecule has 5 nitrogen and oxygen atoms in total. The van der Waals surface area contributed by atoms with Crippen molar-refractivity contribution >= 4 is 14.8 Å². The van der Waals surface area contributed by atoms with Crippen LogP contribution < -0.4 is 0 Å². The summed E-state index contributed by atoms with van der Waals surface area (Å²) in [6.45, 7) is 9.50. The topological polar surface area (TPSA) is 54.0 Å². The summed E-state index contributed by atoms with van der Waals surface area (Å²) in [5, 5.41) is 0. The Morgan fingerprint density at radius 1 is 1.32 bits per heavy atom. The second-order valence-corrected chi connectivity index (χ2v) is 7.37. The highest BCUT2D eigenvalue weighted by Crippen LogP contribution is 2.19. The van der Waals surface area contributed by atoms with E-state index in [9.17, 15) is 4.79 Å². The fourth-order valence-electron chi connectivity index (χ4n) is 1.41. The summed E-state index contributed by atoms with van der Waals surface area (Å²) < 4.78 is 21.8. The van der Waals surface area contributed by atoms with Crippen molar-refractivity contribution in [3.63, 3.8) is 0 Å². The van der Waals surface area contributed by atoms with E-state index in [1.807, 2.05) is 13.8 Å². The van der Waals surface area contributed by atoms with E-state index < -0.39 is 8.80 Å². The van der Waals surface area contributed by atoms with Crippen molar-refractivity contribution in [3.05, 3.63) is 12.2 Å². The Balaban J connectivity index is 4.21. The lowest BCUT2D eigenvalue weighted by Crippen LogP contribution is -2.46. The van der Waals surface area contributed by atoms with Crippen LogP contribution in [0.25, 0.3) is 0 Å². The van der Waals surface area contributed by atoms with Crippen molar-refractivity contribution in [3.8, 4) is 0 Å². The molecule has 0 heterocycles. The number of carbonyl (C=O) groups is 1. The van der Waals surface area contributed by atoms with E-state index >= 15 is 0 Å². The summed E-state index contributed by atoms with van der Waals surface area (Å²) in [5.74, 6) is -0.370. The molecule has 0 radical (unpaired) electrons. The summed E-state index contributed by atoms with van der Waals surface area (Å²) in [6, 6.07) is 0.619. The number of esters is 1. The molecule has 6 heteroatoms. The smallest absolute Gasteiger partial charge is 0.462 e. The van der Waals surface area contributed by atoms with Crippen LogP contribution in [0.2, 0.25) is 6.04 Å². The molecule has 0 aromatic rings. The molecule has 19 heavy (non-hydrogen) atoms. The second-order valence-electron chi connectivity index (χ2n) is 4.45. The Hall–Kier alpha value is -0.693. The van der Waals surface area contributed by atoms with Crippen LogP contribution in [0.4, 0.5) is 0 Å². The summed E-state index contributed by atoms with van der Waals surface area (Å²) in [7, 11) is 0.550. The molecular weight excluding hydrogens is 264 g/mol. The zero-order valence-corrected chi connectivity index (χ0v) is 13.7. The van der Waals surface area contributed by atoms with E-state index in [0.29, 0.717) is 24.6 Å². The van der Waals surface area contributed by atoms with Gasteiger partial charge in [0.15, 0.2) is 0 Å². The van der Waals surface area contributed by atoms with Gasteiger partial charge in [-0.05, 0) is 26.7 Å². The molecule has 112 valence electrons. The minimum Gasteiger partial charge on any atom is -0.462 e. The predicted molar refractivity (Wildman–Crippen MR) is 75.8 cm³/mol. The largest absolute Gasteiger partial charge is 0.500 e. The van der Waals surface area contributed by atoms with Gasteiger partial charge in [0.1, 0.15) is 0 Å². The van der Waals surface area contributed by atoms with Gasteiger partial charge in [0.05, 0.1) is 6.61 Å². The van der Waals surface area contributed by atoms with Crippen LogP contribution in [0.1, 0.15) is 33.6 Å². The molecule has 0 bridgehead atoms. The first-order valence-corrected chi connectivity index (χ1v) is 8.44. The van der Waals surface area contributed by atoms with Gasteiger partial charge in [-0.15, -0.1) is 0 Å². The molecule has 0 amide bonds. The SMILES string of the molecule is C=C(C)C(=O)OCCC[Si](OC)(OC)OC(C)CC. The molecule has 0 saturated carbocycles. The van der Waals surface area contributed by atoms with E-state index in [-0.39, 0.29) is 12.1 Å². The zero-order chi connectivity index (χ0) is 14.9. The van der Waals surface area contributed by atoms with E-state index in [0.717, 1.165) is 6.42 Å². The molecule has 0 saturated heterocycles. The Bertz CT molecular complexity index is 289. The molecule has 0 aliphatic heterocycles. The van der Waals surface area contributed by atoms with E-state index in [4.69, 9.17) is 18.0 Å². The standard InChI is InChI=1S/C13H26O5Si/c1-7-12(4)18-19(15-5,16-6)10-8-9-17-13(14)11(2)3/h12H,2,7-10H2,1,3-6H3. The van der Waals surface area contributed by atoms with E-state index in [1.165, 1.54) is 0 Å². The third kappa shape index (κ3) is 6.86. The highest BCUT2D eigenvalue weighted by molar-refractivity contribution is 6.60. The molecule has 0 aliphatic carbocycles. The van der Waals surface area contributed by atoms with Crippen molar-refractivity contribution < 1.29 is 22.8 Å². The molecule has 0 N–H and O–H groups in total. The number of hydrogen-bond acceptors (Lipinski definition) is 5. The fourth-order valence-corrected chi connectivity index (χ4v) is 3.65. The van der Waals surface area contributed by atoms with Crippen LogP contribution in [0.15, 0.2) is 12.2 Å². The van der Waals surface area contributed by atoms with Crippen LogP contribution in [0.5, 0.6) is 0 Å². The first-order chi connectivity index (χ1) is 8.90. The Morgan fingerprint density at radius 3 is 2.32 bits per heavy atom. The first kappa shape index (κ1) is 18.3. The molecule has 0 spiro atoms. The van der Waals surface area contributed by atoms with E-state index in [1.54, 1.807) is 21.1 Å². The van der Waals surface area contributed by atoms with Gasteiger partial charge in [-0.2, -0.15) is 0 Å². The summed E-state index contributed by atoms with van der Waals surface area (Å²) in [6.07, 6.45) is 1.62. The van der Waals surface area contributed by atoms with Crippen LogP contribution in [0, 0.1) is 0 Å². The molecular formula is C13H26O5Si. The van der Waals surface area contributed by atoms with Gasteiger partial charge in [0.2, 0.25) is 0 Å². The van der Waals surface area contributed by atoms with Gasteiger partial charge < -0.3 is 18.0 Å². The monoisotopic (exact) mass is 290 g/mol. The van der Waals surface area contributed by atoms with Gasteiger partial charge in [-0.3, -0.25) is 0 Å². The zero-order valence-electron chi connectivity index (χ0n) is 12.7. The number of carbonyl (C=O) groups excluding carboxylic acids is 1. The maximum atomic E-state index is 11.2. The number of ether oxygens (including phenoxy) is 1. The lowest BCUT2D eigenvalue weighted by atomic mass is 10.3. The predicted octanol–water partition coefficient (Wildman–Crippen LogP) is 2.54. The highest BCUT2D eigenvalue weighted by atomic mass is 28.4.